The lowest BCUT2D eigenvalue weighted by molar-refractivity contribution is -0.135. The number of hydrogen-bond donors (Lipinski definition) is 0. The van der Waals surface area contributed by atoms with E-state index in [2.05, 4.69) is 10.00 Å². The minimum atomic E-state index is -0.147. The summed E-state index contributed by atoms with van der Waals surface area (Å²) in [6, 6.07) is 7.17. The SMILES string of the molecule is CCN(CC)C(=O)CN1CCN(C(=O)Cn2ncc(=O)c3ccccc32)CC1. The minimum absolute atomic E-state index is 0.0315. The lowest BCUT2D eigenvalue weighted by Crippen LogP contribution is -2.52. The molecular formula is C20H27N5O3. The molecule has 0 unspecified atom stereocenters. The van der Waals surface area contributed by atoms with Gasteiger partial charge in [0.05, 0.1) is 18.3 Å². The molecule has 3 rings (SSSR count). The zero-order valence-corrected chi connectivity index (χ0v) is 16.5. The second-order valence-electron chi connectivity index (χ2n) is 6.91. The maximum absolute atomic E-state index is 12.7. The Morgan fingerprint density at radius 3 is 2.39 bits per heavy atom. The monoisotopic (exact) mass is 385 g/mol. The van der Waals surface area contributed by atoms with E-state index < -0.39 is 0 Å². The highest BCUT2D eigenvalue weighted by Gasteiger charge is 2.24. The topological polar surface area (TPSA) is 78.8 Å². The van der Waals surface area contributed by atoms with Gasteiger partial charge in [0.1, 0.15) is 6.54 Å². The van der Waals surface area contributed by atoms with Crippen LogP contribution >= 0.6 is 0 Å². The van der Waals surface area contributed by atoms with Gasteiger partial charge in [-0.3, -0.25) is 24.0 Å². The quantitative estimate of drug-likeness (QED) is 0.720. The van der Waals surface area contributed by atoms with Crippen LogP contribution in [0.2, 0.25) is 0 Å². The maximum Gasteiger partial charge on any atom is 0.244 e. The molecule has 2 aromatic rings. The highest BCUT2D eigenvalue weighted by Crippen LogP contribution is 2.09. The van der Waals surface area contributed by atoms with Crippen LogP contribution in [0.3, 0.4) is 0 Å². The zero-order chi connectivity index (χ0) is 20.1. The average molecular weight is 385 g/mol. The van der Waals surface area contributed by atoms with Crippen molar-refractivity contribution in [1.82, 2.24) is 24.5 Å². The van der Waals surface area contributed by atoms with Crippen molar-refractivity contribution < 1.29 is 9.59 Å². The molecule has 0 spiro atoms. The lowest BCUT2D eigenvalue weighted by atomic mass is 10.2. The fraction of sp³-hybridized carbons (Fsp3) is 0.500. The van der Waals surface area contributed by atoms with Crippen LogP contribution in [-0.2, 0) is 16.1 Å². The zero-order valence-electron chi connectivity index (χ0n) is 16.5. The smallest absolute Gasteiger partial charge is 0.244 e. The van der Waals surface area contributed by atoms with Gasteiger partial charge >= 0.3 is 0 Å². The van der Waals surface area contributed by atoms with Crippen molar-refractivity contribution in [1.29, 1.82) is 0 Å². The van der Waals surface area contributed by atoms with Crippen LogP contribution in [0.1, 0.15) is 13.8 Å². The van der Waals surface area contributed by atoms with Gasteiger partial charge in [0, 0.05) is 44.7 Å². The third-order valence-corrected chi connectivity index (χ3v) is 5.25. The number of amides is 2. The second-order valence-corrected chi connectivity index (χ2v) is 6.91. The molecular weight excluding hydrogens is 358 g/mol. The highest BCUT2D eigenvalue weighted by molar-refractivity contribution is 5.81. The summed E-state index contributed by atoms with van der Waals surface area (Å²) in [5.41, 5.74) is 0.512. The lowest BCUT2D eigenvalue weighted by Gasteiger charge is -2.35. The number of carbonyl (C=O) groups is 2. The van der Waals surface area contributed by atoms with Crippen LogP contribution in [0.15, 0.2) is 35.3 Å². The number of rotatable bonds is 6. The molecule has 0 N–H and O–H groups in total. The number of likely N-dealkylation sites (N-methyl/N-ethyl adjacent to an activating group) is 1. The van der Waals surface area contributed by atoms with E-state index in [-0.39, 0.29) is 23.8 Å². The van der Waals surface area contributed by atoms with Crippen molar-refractivity contribution >= 4 is 22.7 Å². The third-order valence-electron chi connectivity index (χ3n) is 5.25. The number of aromatic nitrogens is 2. The van der Waals surface area contributed by atoms with E-state index >= 15 is 0 Å². The third kappa shape index (κ3) is 4.39. The van der Waals surface area contributed by atoms with Gasteiger partial charge in [0.15, 0.2) is 0 Å². The summed E-state index contributed by atoms with van der Waals surface area (Å²) >= 11 is 0. The van der Waals surface area contributed by atoms with Crippen LogP contribution in [0.5, 0.6) is 0 Å². The molecule has 1 aromatic carbocycles. The first-order valence-electron chi connectivity index (χ1n) is 9.76. The highest BCUT2D eigenvalue weighted by atomic mass is 16.2. The first kappa shape index (κ1) is 20.0. The molecule has 0 aliphatic carbocycles. The van der Waals surface area contributed by atoms with Gasteiger partial charge in [0.25, 0.3) is 0 Å². The maximum atomic E-state index is 12.7. The molecule has 8 nitrogen and oxygen atoms in total. The van der Waals surface area contributed by atoms with Crippen molar-refractivity contribution in [3.8, 4) is 0 Å². The van der Waals surface area contributed by atoms with E-state index in [1.807, 2.05) is 24.8 Å². The molecule has 8 heteroatoms. The summed E-state index contributed by atoms with van der Waals surface area (Å²) < 4.78 is 1.58. The fourth-order valence-corrected chi connectivity index (χ4v) is 3.54. The van der Waals surface area contributed by atoms with Crippen molar-refractivity contribution in [2.24, 2.45) is 0 Å². The van der Waals surface area contributed by atoms with Crippen molar-refractivity contribution in [3.05, 3.63) is 40.7 Å². The Hall–Kier alpha value is -2.74. The average Bonchev–Trinajstić information content (AvgIpc) is 2.71. The Kier molecular flexibility index (Phi) is 6.41. The number of fused-ring (bicyclic) bond motifs is 1. The van der Waals surface area contributed by atoms with E-state index in [0.29, 0.717) is 56.7 Å². The molecule has 2 amide bonds. The number of nitrogens with zero attached hydrogens (tertiary/aromatic N) is 5. The van der Waals surface area contributed by atoms with Gasteiger partial charge in [-0.05, 0) is 26.0 Å². The van der Waals surface area contributed by atoms with Crippen molar-refractivity contribution in [3.63, 3.8) is 0 Å². The van der Waals surface area contributed by atoms with Gasteiger partial charge in [-0.2, -0.15) is 5.10 Å². The molecule has 1 saturated heterocycles. The Bertz CT molecular complexity index is 898. The van der Waals surface area contributed by atoms with E-state index in [4.69, 9.17) is 0 Å². The summed E-state index contributed by atoms with van der Waals surface area (Å²) in [7, 11) is 0. The molecule has 0 saturated carbocycles. The van der Waals surface area contributed by atoms with Gasteiger partial charge in [-0.1, -0.05) is 12.1 Å². The molecule has 0 bridgehead atoms. The predicted molar refractivity (Wildman–Crippen MR) is 107 cm³/mol. The van der Waals surface area contributed by atoms with E-state index in [1.165, 1.54) is 6.20 Å². The van der Waals surface area contributed by atoms with Gasteiger partial charge in [-0.25, -0.2) is 0 Å². The summed E-state index contributed by atoms with van der Waals surface area (Å²) in [6.07, 6.45) is 1.26. The van der Waals surface area contributed by atoms with Crippen molar-refractivity contribution in [2.75, 3.05) is 45.8 Å². The number of piperazine rings is 1. The first-order valence-corrected chi connectivity index (χ1v) is 9.76. The van der Waals surface area contributed by atoms with Crippen LogP contribution in [0.4, 0.5) is 0 Å². The number of hydrogen-bond acceptors (Lipinski definition) is 5. The molecule has 1 aliphatic rings. The molecule has 0 radical (unpaired) electrons. The molecule has 150 valence electrons. The number of carbonyl (C=O) groups excluding carboxylic acids is 2. The molecule has 28 heavy (non-hydrogen) atoms. The Morgan fingerprint density at radius 2 is 1.71 bits per heavy atom. The summed E-state index contributed by atoms with van der Waals surface area (Å²) in [5.74, 6) is 0.102. The summed E-state index contributed by atoms with van der Waals surface area (Å²) in [4.78, 5) is 42.6. The van der Waals surface area contributed by atoms with E-state index in [1.54, 1.807) is 27.8 Å². The molecule has 2 heterocycles. The fourth-order valence-electron chi connectivity index (χ4n) is 3.54. The van der Waals surface area contributed by atoms with Crippen LogP contribution in [-0.4, -0.2) is 82.1 Å². The normalized spacial score (nSPS) is 15.0. The largest absolute Gasteiger partial charge is 0.342 e. The predicted octanol–water partition coefficient (Wildman–Crippen LogP) is 0.409. The number of para-hydroxylation sites is 1. The van der Waals surface area contributed by atoms with Gasteiger partial charge in [0.2, 0.25) is 17.2 Å². The van der Waals surface area contributed by atoms with E-state index in [9.17, 15) is 14.4 Å². The second kappa shape index (κ2) is 8.97. The molecule has 1 fully saturated rings. The van der Waals surface area contributed by atoms with Gasteiger partial charge in [-0.15, -0.1) is 0 Å². The molecule has 0 atom stereocenters. The van der Waals surface area contributed by atoms with E-state index in [0.717, 1.165) is 0 Å². The number of benzene rings is 1. The summed E-state index contributed by atoms with van der Waals surface area (Å²) in [6.45, 7) is 8.41. The molecule has 1 aliphatic heterocycles. The van der Waals surface area contributed by atoms with Crippen LogP contribution in [0, 0.1) is 0 Å². The first-order chi connectivity index (χ1) is 13.5. The Balaban J connectivity index is 1.58. The Labute approximate surface area is 164 Å². The Morgan fingerprint density at radius 1 is 1.04 bits per heavy atom. The standard InChI is InChI=1S/C20H27N5O3/c1-3-23(4-2)19(27)14-22-9-11-24(12-10-22)20(28)15-25-17-8-6-5-7-16(17)18(26)13-21-25/h5-8,13H,3-4,9-12,14-15H2,1-2H3. The van der Waals surface area contributed by atoms with Crippen LogP contribution < -0.4 is 5.43 Å². The van der Waals surface area contributed by atoms with Gasteiger partial charge < -0.3 is 9.80 Å². The molecule has 1 aromatic heterocycles. The van der Waals surface area contributed by atoms with Crippen LogP contribution in [0.25, 0.3) is 10.9 Å². The van der Waals surface area contributed by atoms with Crippen molar-refractivity contribution in [2.45, 2.75) is 20.4 Å². The summed E-state index contributed by atoms with van der Waals surface area (Å²) in [5, 5.41) is 4.69. The minimum Gasteiger partial charge on any atom is -0.342 e.